The Morgan fingerprint density at radius 2 is 2.05 bits per heavy atom. The van der Waals surface area contributed by atoms with Gasteiger partial charge in [-0.1, -0.05) is 18.2 Å². The van der Waals surface area contributed by atoms with Crippen LogP contribution in [0.1, 0.15) is 11.3 Å². The number of aromatic nitrogens is 2. The molecule has 7 heteroatoms. The molecule has 21 heavy (non-hydrogen) atoms. The number of halogens is 1. The maximum Gasteiger partial charge on any atom is 0.319 e. The summed E-state index contributed by atoms with van der Waals surface area (Å²) in [4.78, 5) is 18.5. The van der Waals surface area contributed by atoms with Gasteiger partial charge in [0.05, 0.1) is 4.92 Å². The van der Waals surface area contributed by atoms with Crippen molar-refractivity contribution in [1.29, 1.82) is 0 Å². The molecule has 0 fully saturated rings. The number of rotatable bonds is 2. The number of nitrogens with zero attached hydrogens (tertiary/aromatic N) is 3. The second-order valence-corrected chi connectivity index (χ2v) is 4.97. The lowest BCUT2D eigenvalue weighted by molar-refractivity contribution is -0.385. The molecule has 6 nitrogen and oxygen atoms in total. The second kappa shape index (κ2) is 4.82. The van der Waals surface area contributed by atoms with Gasteiger partial charge in [-0.15, -0.1) is 0 Å². The predicted molar refractivity (Wildman–Crippen MR) is 78.4 cm³/mol. The smallest absolute Gasteiger partial charge is 0.319 e. The number of furan rings is 1. The summed E-state index contributed by atoms with van der Waals surface area (Å²) < 4.78 is 5.73. The first kappa shape index (κ1) is 13.5. The van der Waals surface area contributed by atoms with Gasteiger partial charge in [-0.25, -0.2) is 9.97 Å². The average Bonchev–Trinajstić information content (AvgIpc) is 2.82. The van der Waals surface area contributed by atoms with E-state index in [1.54, 1.807) is 6.07 Å². The van der Waals surface area contributed by atoms with E-state index < -0.39 is 4.92 Å². The van der Waals surface area contributed by atoms with Gasteiger partial charge in [-0.2, -0.15) is 0 Å². The van der Waals surface area contributed by atoms with E-state index >= 15 is 0 Å². The van der Waals surface area contributed by atoms with Crippen molar-refractivity contribution in [3.63, 3.8) is 0 Å². The Kier molecular flexibility index (Phi) is 3.10. The van der Waals surface area contributed by atoms with Crippen molar-refractivity contribution < 1.29 is 9.34 Å². The molecule has 0 unspecified atom stereocenters. The van der Waals surface area contributed by atoms with Crippen LogP contribution in [0.5, 0.6) is 0 Å². The van der Waals surface area contributed by atoms with Gasteiger partial charge in [0, 0.05) is 5.39 Å². The van der Waals surface area contributed by atoms with Crippen LogP contribution in [0.2, 0.25) is 5.28 Å². The van der Waals surface area contributed by atoms with Crippen molar-refractivity contribution in [3.8, 4) is 11.5 Å². The number of aryl methyl sites for hydroxylation is 2. The fourth-order valence-electron chi connectivity index (χ4n) is 2.25. The first-order valence-corrected chi connectivity index (χ1v) is 6.53. The number of fused-ring (bicyclic) bond motifs is 1. The monoisotopic (exact) mass is 303 g/mol. The highest BCUT2D eigenvalue weighted by molar-refractivity contribution is 6.28. The lowest BCUT2D eigenvalue weighted by atomic mass is 10.1. The van der Waals surface area contributed by atoms with E-state index in [4.69, 9.17) is 16.0 Å². The minimum Gasteiger partial charge on any atom is -0.454 e. The Morgan fingerprint density at radius 3 is 2.71 bits per heavy atom. The predicted octanol–water partition coefficient (Wildman–Crippen LogP) is 4.07. The minimum atomic E-state index is -0.527. The molecule has 0 saturated carbocycles. The molecule has 0 atom stereocenters. The first-order chi connectivity index (χ1) is 9.97. The van der Waals surface area contributed by atoms with E-state index in [0.29, 0.717) is 11.3 Å². The Hall–Kier alpha value is -2.47. The Bertz CT molecular complexity index is 873. The van der Waals surface area contributed by atoms with Crippen LogP contribution >= 0.6 is 11.6 Å². The quantitative estimate of drug-likeness (QED) is 0.405. The van der Waals surface area contributed by atoms with Gasteiger partial charge in [0.15, 0.2) is 11.5 Å². The normalized spacial score (nSPS) is 11.0. The molecule has 3 aromatic rings. The lowest BCUT2D eigenvalue weighted by Crippen LogP contribution is -2.00. The molecule has 3 rings (SSSR count). The maximum atomic E-state index is 11.3. The van der Waals surface area contributed by atoms with E-state index in [0.717, 1.165) is 10.9 Å². The van der Waals surface area contributed by atoms with Crippen molar-refractivity contribution in [2.24, 2.45) is 0 Å². The number of nitro groups is 1. The molecule has 0 aliphatic rings. The molecule has 0 bridgehead atoms. The summed E-state index contributed by atoms with van der Waals surface area (Å²) in [6.45, 7) is 3.42. The molecule has 106 valence electrons. The van der Waals surface area contributed by atoms with E-state index in [1.807, 2.05) is 25.1 Å². The summed E-state index contributed by atoms with van der Waals surface area (Å²) in [5, 5.41) is 12.1. The lowest BCUT2D eigenvalue weighted by Gasteiger charge is -2.02. The van der Waals surface area contributed by atoms with Gasteiger partial charge in [-0.3, -0.25) is 10.1 Å². The van der Waals surface area contributed by atoms with E-state index in [9.17, 15) is 10.1 Å². The topological polar surface area (TPSA) is 82.1 Å². The van der Waals surface area contributed by atoms with Crippen LogP contribution in [-0.4, -0.2) is 14.9 Å². The fraction of sp³-hybridized carbons (Fsp3) is 0.143. The molecular formula is C14H10ClN3O3. The zero-order chi connectivity index (χ0) is 15.1. The van der Waals surface area contributed by atoms with Crippen molar-refractivity contribution >= 4 is 28.3 Å². The summed E-state index contributed by atoms with van der Waals surface area (Å²) in [7, 11) is 0. The van der Waals surface area contributed by atoms with Gasteiger partial charge >= 0.3 is 5.69 Å². The summed E-state index contributed by atoms with van der Waals surface area (Å²) in [5.74, 6) is 0.304. The Morgan fingerprint density at radius 1 is 1.29 bits per heavy atom. The molecular weight excluding hydrogens is 294 g/mol. The summed E-state index contributed by atoms with van der Waals surface area (Å²) in [6.07, 6.45) is 0. The van der Waals surface area contributed by atoms with Crippen molar-refractivity contribution in [2.75, 3.05) is 0 Å². The molecule has 0 aliphatic carbocycles. The van der Waals surface area contributed by atoms with Gasteiger partial charge in [0.2, 0.25) is 5.28 Å². The highest BCUT2D eigenvalue weighted by Gasteiger charge is 2.25. The van der Waals surface area contributed by atoms with E-state index in [-0.39, 0.29) is 22.4 Å². The molecule has 0 saturated heterocycles. The van der Waals surface area contributed by atoms with Crippen LogP contribution in [0.4, 0.5) is 5.69 Å². The summed E-state index contributed by atoms with van der Waals surface area (Å²) >= 11 is 5.82. The molecule has 2 aromatic heterocycles. The summed E-state index contributed by atoms with van der Waals surface area (Å²) in [6, 6.07) is 7.38. The van der Waals surface area contributed by atoms with Crippen LogP contribution in [0.25, 0.3) is 22.4 Å². The average molecular weight is 304 g/mol. The largest absolute Gasteiger partial charge is 0.454 e. The Balaban J connectivity index is 2.32. The van der Waals surface area contributed by atoms with E-state index in [2.05, 4.69) is 9.97 Å². The Labute approximate surface area is 124 Å². The van der Waals surface area contributed by atoms with Gasteiger partial charge < -0.3 is 4.42 Å². The third-order valence-electron chi connectivity index (χ3n) is 3.19. The fourth-order valence-corrected chi connectivity index (χ4v) is 2.46. The van der Waals surface area contributed by atoms with Gasteiger partial charge in [-0.05, 0) is 37.1 Å². The van der Waals surface area contributed by atoms with Crippen LogP contribution in [-0.2, 0) is 0 Å². The standard InChI is InChI=1S/C14H10ClN3O3/c1-7-4-3-5-9-6-10(21-13(7)9)11-12(18(19)20)8(2)16-14(15)17-11/h3-6H,1-2H3. The van der Waals surface area contributed by atoms with Crippen molar-refractivity contribution in [1.82, 2.24) is 9.97 Å². The molecule has 0 spiro atoms. The van der Waals surface area contributed by atoms with Crippen molar-refractivity contribution in [2.45, 2.75) is 13.8 Å². The van der Waals surface area contributed by atoms with Gasteiger partial charge in [0.1, 0.15) is 11.3 Å². The SMILES string of the molecule is Cc1nc(Cl)nc(-c2cc3cccc(C)c3o2)c1[N+](=O)[O-]. The maximum absolute atomic E-state index is 11.3. The van der Waals surface area contributed by atoms with Crippen LogP contribution in [0.15, 0.2) is 28.7 Å². The molecule has 0 aliphatic heterocycles. The highest BCUT2D eigenvalue weighted by atomic mass is 35.5. The number of hydrogen-bond donors (Lipinski definition) is 0. The number of para-hydroxylation sites is 1. The summed E-state index contributed by atoms with van der Waals surface area (Å²) in [5.41, 5.74) is 1.71. The first-order valence-electron chi connectivity index (χ1n) is 6.15. The molecule has 0 amide bonds. The third kappa shape index (κ3) is 2.23. The van der Waals surface area contributed by atoms with Crippen LogP contribution in [0, 0.1) is 24.0 Å². The zero-order valence-corrected chi connectivity index (χ0v) is 12.0. The second-order valence-electron chi connectivity index (χ2n) is 4.64. The van der Waals surface area contributed by atoms with E-state index in [1.165, 1.54) is 6.92 Å². The highest BCUT2D eigenvalue weighted by Crippen LogP contribution is 2.35. The van der Waals surface area contributed by atoms with Crippen LogP contribution in [0.3, 0.4) is 0 Å². The molecule has 2 heterocycles. The molecule has 0 N–H and O–H groups in total. The third-order valence-corrected chi connectivity index (χ3v) is 3.36. The zero-order valence-electron chi connectivity index (χ0n) is 11.3. The van der Waals surface area contributed by atoms with Gasteiger partial charge in [0.25, 0.3) is 0 Å². The molecule has 0 radical (unpaired) electrons. The van der Waals surface area contributed by atoms with Crippen molar-refractivity contribution in [3.05, 3.63) is 50.9 Å². The number of hydrogen-bond acceptors (Lipinski definition) is 5. The minimum absolute atomic E-state index is 0.0507. The number of benzene rings is 1. The van der Waals surface area contributed by atoms with Crippen LogP contribution < -0.4 is 0 Å². The molecule has 1 aromatic carbocycles.